The van der Waals surface area contributed by atoms with Gasteiger partial charge in [-0.05, 0) is 42.7 Å². The van der Waals surface area contributed by atoms with Crippen LogP contribution in [0.2, 0.25) is 5.02 Å². The van der Waals surface area contributed by atoms with Gasteiger partial charge < -0.3 is 24.0 Å². The maximum absolute atomic E-state index is 13.4. The molecule has 0 saturated carbocycles. The third-order valence-corrected chi connectivity index (χ3v) is 5.52. The van der Waals surface area contributed by atoms with Crippen LogP contribution in [0.15, 0.2) is 36.4 Å². The molecule has 0 radical (unpaired) electrons. The molecular formula is C22H25ClN2O4. The summed E-state index contributed by atoms with van der Waals surface area (Å²) in [5, 5.41) is 0.385. The van der Waals surface area contributed by atoms with Gasteiger partial charge in [0.1, 0.15) is 0 Å². The Morgan fingerprint density at radius 3 is 2.66 bits per heavy atom. The molecule has 0 spiro atoms. The van der Waals surface area contributed by atoms with Crippen molar-refractivity contribution in [3.05, 3.63) is 52.5 Å². The molecule has 0 N–H and O–H groups in total. The first-order valence-corrected chi connectivity index (χ1v) is 10.2. The summed E-state index contributed by atoms with van der Waals surface area (Å²) in [7, 11) is 4.01. The fourth-order valence-electron chi connectivity index (χ4n) is 3.65. The van der Waals surface area contributed by atoms with E-state index in [1.807, 2.05) is 23.9 Å². The van der Waals surface area contributed by atoms with Gasteiger partial charge in [0.25, 0.3) is 5.91 Å². The molecule has 154 valence electrons. The van der Waals surface area contributed by atoms with Crippen LogP contribution in [0.3, 0.4) is 0 Å². The Balaban J connectivity index is 1.57. The average Bonchev–Trinajstić information content (AvgIpc) is 3.39. The first-order chi connectivity index (χ1) is 14.0. The van der Waals surface area contributed by atoms with Crippen molar-refractivity contribution in [3.63, 3.8) is 0 Å². The van der Waals surface area contributed by atoms with E-state index in [1.54, 1.807) is 12.1 Å². The smallest absolute Gasteiger partial charge is 0.254 e. The van der Waals surface area contributed by atoms with Crippen LogP contribution in [0.25, 0.3) is 0 Å². The van der Waals surface area contributed by atoms with E-state index in [2.05, 4.69) is 24.3 Å². The summed E-state index contributed by atoms with van der Waals surface area (Å²) in [6.45, 7) is 1.91. The normalized spacial score (nSPS) is 17.4. The van der Waals surface area contributed by atoms with Crippen molar-refractivity contribution in [1.29, 1.82) is 0 Å². The number of rotatable bonds is 6. The monoisotopic (exact) mass is 416 g/mol. The molecular weight excluding hydrogens is 392 g/mol. The number of carbonyl (C=O) groups is 1. The van der Waals surface area contributed by atoms with Crippen LogP contribution in [-0.2, 0) is 11.3 Å². The van der Waals surface area contributed by atoms with Crippen molar-refractivity contribution in [2.24, 2.45) is 0 Å². The number of hydrogen-bond acceptors (Lipinski definition) is 5. The van der Waals surface area contributed by atoms with Crippen LogP contribution in [0, 0.1) is 0 Å². The number of carbonyl (C=O) groups excluding carboxylic acids is 1. The summed E-state index contributed by atoms with van der Waals surface area (Å²) >= 11 is 6.30. The Kier molecular flexibility index (Phi) is 5.83. The van der Waals surface area contributed by atoms with Crippen LogP contribution in [0.1, 0.15) is 28.8 Å². The molecule has 2 aliphatic heterocycles. The first-order valence-electron chi connectivity index (χ1n) is 9.77. The van der Waals surface area contributed by atoms with Gasteiger partial charge in [-0.1, -0.05) is 23.7 Å². The fraction of sp³-hybridized carbons (Fsp3) is 0.409. The number of nitrogens with zero attached hydrogens (tertiary/aromatic N) is 2. The standard InChI is InChI=1S/C22H25ClN2O4/c1-24(2)17-7-5-15(6-8-17)12-25(13-18-4-3-9-27-18)22(26)16-10-19(23)21-20(11-16)28-14-29-21/h5-8,10-11,18H,3-4,9,12-14H2,1-2H3/t18-/m1/s1. The topological polar surface area (TPSA) is 51.2 Å². The van der Waals surface area contributed by atoms with Crippen molar-refractivity contribution in [3.8, 4) is 11.5 Å². The molecule has 6 nitrogen and oxygen atoms in total. The summed E-state index contributed by atoms with van der Waals surface area (Å²) in [4.78, 5) is 17.2. The third-order valence-electron chi connectivity index (χ3n) is 5.24. The van der Waals surface area contributed by atoms with Crippen molar-refractivity contribution >= 4 is 23.2 Å². The van der Waals surface area contributed by atoms with Crippen molar-refractivity contribution in [1.82, 2.24) is 4.90 Å². The number of benzene rings is 2. The van der Waals surface area contributed by atoms with Crippen molar-refractivity contribution in [2.75, 3.05) is 38.9 Å². The summed E-state index contributed by atoms with van der Waals surface area (Å²) < 4.78 is 16.6. The Bertz CT molecular complexity index is 879. The summed E-state index contributed by atoms with van der Waals surface area (Å²) in [5.41, 5.74) is 2.67. The lowest BCUT2D eigenvalue weighted by Crippen LogP contribution is -2.37. The van der Waals surface area contributed by atoms with E-state index in [9.17, 15) is 4.79 Å². The zero-order valence-electron chi connectivity index (χ0n) is 16.7. The third kappa shape index (κ3) is 4.43. The van der Waals surface area contributed by atoms with Gasteiger partial charge in [0.2, 0.25) is 6.79 Å². The number of anilines is 1. The highest BCUT2D eigenvalue weighted by Gasteiger charge is 2.26. The zero-order chi connectivity index (χ0) is 20.4. The molecule has 0 aromatic heterocycles. The van der Waals surface area contributed by atoms with Crippen LogP contribution in [-0.4, -0.2) is 51.0 Å². The molecule has 0 bridgehead atoms. The molecule has 0 unspecified atom stereocenters. The number of fused-ring (bicyclic) bond motifs is 1. The van der Waals surface area contributed by atoms with Gasteiger partial charge in [-0.15, -0.1) is 0 Å². The van der Waals surface area contributed by atoms with Crippen molar-refractivity contribution < 1.29 is 19.0 Å². The van der Waals surface area contributed by atoms with Gasteiger partial charge in [-0.25, -0.2) is 0 Å². The quantitative estimate of drug-likeness (QED) is 0.713. The Labute approximate surface area is 175 Å². The summed E-state index contributed by atoms with van der Waals surface area (Å²) in [6, 6.07) is 11.6. The molecule has 4 rings (SSSR count). The fourth-order valence-corrected chi connectivity index (χ4v) is 3.91. The molecule has 29 heavy (non-hydrogen) atoms. The number of ether oxygens (including phenoxy) is 3. The van der Waals surface area contributed by atoms with Crippen LogP contribution >= 0.6 is 11.6 Å². The molecule has 1 amide bonds. The van der Waals surface area contributed by atoms with Gasteiger partial charge in [0.05, 0.1) is 11.1 Å². The van der Waals surface area contributed by atoms with E-state index in [0.29, 0.717) is 35.2 Å². The summed E-state index contributed by atoms with van der Waals surface area (Å²) in [5.74, 6) is 0.902. The maximum Gasteiger partial charge on any atom is 0.254 e. The lowest BCUT2D eigenvalue weighted by Gasteiger charge is -2.26. The van der Waals surface area contributed by atoms with Crippen LogP contribution in [0.4, 0.5) is 5.69 Å². The molecule has 0 aliphatic carbocycles. The maximum atomic E-state index is 13.4. The molecule has 2 aromatic rings. The van der Waals surface area contributed by atoms with E-state index >= 15 is 0 Å². The molecule has 2 heterocycles. The van der Waals surface area contributed by atoms with Gasteiger partial charge >= 0.3 is 0 Å². The van der Waals surface area contributed by atoms with Gasteiger partial charge in [0.15, 0.2) is 11.5 Å². The van der Waals surface area contributed by atoms with E-state index < -0.39 is 0 Å². The largest absolute Gasteiger partial charge is 0.454 e. The van der Waals surface area contributed by atoms with Gasteiger partial charge in [-0.3, -0.25) is 4.79 Å². The molecule has 2 aliphatic rings. The second-order valence-electron chi connectivity index (χ2n) is 7.57. The molecule has 2 aromatic carbocycles. The predicted molar refractivity (Wildman–Crippen MR) is 112 cm³/mol. The van der Waals surface area contributed by atoms with Gasteiger partial charge in [0, 0.05) is 45.0 Å². The highest BCUT2D eigenvalue weighted by Crippen LogP contribution is 2.40. The minimum atomic E-state index is -0.0996. The average molecular weight is 417 g/mol. The second-order valence-corrected chi connectivity index (χ2v) is 7.98. The molecule has 1 saturated heterocycles. The van der Waals surface area contributed by atoms with Gasteiger partial charge in [-0.2, -0.15) is 0 Å². The van der Waals surface area contributed by atoms with Crippen LogP contribution < -0.4 is 14.4 Å². The Morgan fingerprint density at radius 1 is 1.17 bits per heavy atom. The minimum Gasteiger partial charge on any atom is -0.454 e. The Hall–Kier alpha value is -2.44. The highest BCUT2D eigenvalue weighted by atomic mass is 35.5. The van der Waals surface area contributed by atoms with E-state index in [1.165, 1.54) is 0 Å². The molecule has 1 atom stereocenters. The molecule has 1 fully saturated rings. The predicted octanol–water partition coefficient (Wildman–Crippen LogP) is 3.96. The number of hydrogen-bond donors (Lipinski definition) is 0. The second kappa shape index (κ2) is 8.51. The van der Waals surface area contributed by atoms with Crippen molar-refractivity contribution in [2.45, 2.75) is 25.5 Å². The van der Waals surface area contributed by atoms with E-state index in [4.69, 9.17) is 25.8 Å². The first kappa shape index (κ1) is 19.9. The lowest BCUT2D eigenvalue weighted by molar-refractivity contribution is 0.0507. The highest BCUT2D eigenvalue weighted by molar-refractivity contribution is 6.32. The number of amides is 1. The van der Waals surface area contributed by atoms with E-state index in [-0.39, 0.29) is 18.8 Å². The minimum absolute atomic E-state index is 0.0597. The molecule has 7 heteroatoms. The number of halogens is 1. The summed E-state index contributed by atoms with van der Waals surface area (Å²) in [6.07, 6.45) is 2.05. The zero-order valence-corrected chi connectivity index (χ0v) is 17.4. The Morgan fingerprint density at radius 2 is 1.97 bits per heavy atom. The SMILES string of the molecule is CN(C)c1ccc(CN(C[C@H]2CCCO2)C(=O)c2cc(Cl)c3c(c2)OCO3)cc1. The van der Waals surface area contributed by atoms with Crippen LogP contribution in [0.5, 0.6) is 11.5 Å². The van der Waals surface area contributed by atoms with E-state index in [0.717, 1.165) is 30.7 Å². The lowest BCUT2D eigenvalue weighted by atomic mass is 10.1.